The summed E-state index contributed by atoms with van der Waals surface area (Å²) in [5, 5.41) is 0. The van der Waals surface area contributed by atoms with E-state index in [1.165, 1.54) is 27.4 Å². The van der Waals surface area contributed by atoms with Crippen LogP contribution < -0.4 is 18.9 Å². The van der Waals surface area contributed by atoms with Crippen molar-refractivity contribution in [2.75, 3.05) is 21.3 Å². The monoisotopic (exact) mass is 382 g/mol. The number of methoxy groups -OCH3 is 3. The fraction of sp³-hybridized carbons (Fsp3) is 0.150. The topological polar surface area (TPSA) is 89.0 Å². The largest absolute Gasteiger partial charge is 0.513 e. The molecule has 0 aliphatic rings. The molecular weight excluding hydrogens is 364 g/mol. The Hall–Kier alpha value is -3.81. The second-order valence-corrected chi connectivity index (χ2v) is 5.39. The fourth-order valence-electron chi connectivity index (χ4n) is 2.41. The number of hydrogen-bond donors (Lipinski definition) is 0. The summed E-state index contributed by atoms with van der Waals surface area (Å²) in [7, 11) is 4.16. The SMILES string of the molecule is COC(=O)Oc1c(Oc2nc(OC)cc(OC)n2)cccc1-c1ccccc1. The third-order valence-corrected chi connectivity index (χ3v) is 3.69. The van der Waals surface area contributed by atoms with E-state index in [4.69, 9.17) is 18.9 Å². The minimum absolute atomic E-state index is 0.0314. The van der Waals surface area contributed by atoms with E-state index in [9.17, 15) is 4.79 Å². The van der Waals surface area contributed by atoms with Crippen molar-refractivity contribution in [2.24, 2.45) is 0 Å². The van der Waals surface area contributed by atoms with Crippen molar-refractivity contribution in [2.45, 2.75) is 0 Å². The summed E-state index contributed by atoms with van der Waals surface area (Å²) >= 11 is 0. The highest BCUT2D eigenvalue weighted by molar-refractivity contribution is 5.78. The zero-order chi connectivity index (χ0) is 19.9. The molecule has 2 aromatic carbocycles. The zero-order valence-corrected chi connectivity index (χ0v) is 15.5. The molecule has 0 saturated heterocycles. The minimum Gasteiger partial charge on any atom is -0.481 e. The van der Waals surface area contributed by atoms with E-state index < -0.39 is 6.16 Å². The Morgan fingerprint density at radius 2 is 1.54 bits per heavy atom. The van der Waals surface area contributed by atoms with Gasteiger partial charge in [0.05, 0.1) is 27.4 Å². The van der Waals surface area contributed by atoms with E-state index in [-0.39, 0.29) is 29.3 Å². The molecular formula is C20H18N2O6. The summed E-state index contributed by atoms with van der Waals surface area (Å²) in [5.41, 5.74) is 1.47. The predicted octanol–water partition coefficient (Wildman–Crippen LogP) is 4.10. The molecule has 0 saturated carbocycles. The first-order valence-corrected chi connectivity index (χ1v) is 8.23. The Bertz CT molecular complexity index is 940. The number of carbonyl (C=O) groups excluding carboxylic acids is 1. The number of ether oxygens (including phenoxy) is 5. The second-order valence-electron chi connectivity index (χ2n) is 5.39. The summed E-state index contributed by atoms with van der Waals surface area (Å²) in [6, 6.07) is 16.1. The quantitative estimate of drug-likeness (QED) is 0.465. The van der Waals surface area contributed by atoms with Gasteiger partial charge in [-0.3, -0.25) is 0 Å². The summed E-state index contributed by atoms with van der Waals surface area (Å²) < 4.78 is 26.0. The Labute approximate surface area is 161 Å². The Morgan fingerprint density at radius 3 is 2.14 bits per heavy atom. The van der Waals surface area contributed by atoms with E-state index in [1.54, 1.807) is 18.2 Å². The van der Waals surface area contributed by atoms with Gasteiger partial charge in [-0.25, -0.2) is 4.79 Å². The van der Waals surface area contributed by atoms with Crippen LogP contribution in [0.1, 0.15) is 0 Å². The van der Waals surface area contributed by atoms with E-state index in [1.807, 2.05) is 30.3 Å². The zero-order valence-electron chi connectivity index (χ0n) is 15.5. The predicted molar refractivity (Wildman–Crippen MR) is 100 cm³/mol. The van der Waals surface area contributed by atoms with Crippen LogP contribution in [0.15, 0.2) is 54.6 Å². The van der Waals surface area contributed by atoms with Crippen molar-refractivity contribution < 1.29 is 28.5 Å². The van der Waals surface area contributed by atoms with Crippen LogP contribution in [0.4, 0.5) is 4.79 Å². The van der Waals surface area contributed by atoms with Crippen molar-refractivity contribution in [1.82, 2.24) is 9.97 Å². The van der Waals surface area contributed by atoms with Gasteiger partial charge in [0.15, 0.2) is 11.5 Å². The number of hydrogen-bond acceptors (Lipinski definition) is 8. The normalized spacial score (nSPS) is 10.1. The van der Waals surface area contributed by atoms with Crippen LogP contribution in [0, 0.1) is 0 Å². The summed E-state index contributed by atoms with van der Waals surface area (Å²) in [6.45, 7) is 0. The number of nitrogens with zero attached hydrogens (tertiary/aromatic N) is 2. The Kier molecular flexibility index (Phi) is 5.91. The van der Waals surface area contributed by atoms with Gasteiger partial charge in [0, 0.05) is 5.56 Å². The van der Waals surface area contributed by atoms with Crippen LogP contribution in [-0.2, 0) is 4.74 Å². The molecule has 8 heteroatoms. The van der Waals surface area contributed by atoms with Crippen LogP contribution >= 0.6 is 0 Å². The molecule has 1 heterocycles. The maximum Gasteiger partial charge on any atom is 0.513 e. The number of aromatic nitrogens is 2. The minimum atomic E-state index is -0.877. The fourth-order valence-corrected chi connectivity index (χ4v) is 2.41. The van der Waals surface area contributed by atoms with Crippen molar-refractivity contribution in [3.8, 4) is 40.4 Å². The lowest BCUT2D eigenvalue weighted by Crippen LogP contribution is -2.09. The van der Waals surface area contributed by atoms with Gasteiger partial charge in [0.1, 0.15) is 0 Å². The van der Waals surface area contributed by atoms with Gasteiger partial charge in [0.2, 0.25) is 11.8 Å². The van der Waals surface area contributed by atoms with Gasteiger partial charge in [-0.2, -0.15) is 9.97 Å². The Morgan fingerprint density at radius 1 is 0.857 bits per heavy atom. The number of para-hydroxylation sites is 1. The van der Waals surface area contributed by atoms with Gasteiger partial charge in [-0.15, -0.1) is 0 Å². The van der Waals surface area contributed by atoms with Crippen LogP contribution in [0.5, 0.6) is 29.3 Å². The average Bonchev–Trinajstić information content (AvgIpc) is 2.75. The van der Waals surface area contributed by atoms with Crippen LogP contribution in [0.2, 0.25) is 0 Å². The molecule has 0 fully saturated rings. The molecule has 0 unspecified atom stereocenters. The third-order valence-electron chi connectivity index (χ3n) is 3.69. The summed E-state index contributed by atoms with van der Waals surface area (Å²) in [5.74, 6) is 0.918. The maximum absolute atomic E-state index is 11.8. The molecule has 3 rings (SSSR count). The van der Waals surface area contributed by atoms with Crippen LogP contribution in [0.3, 0.4) is 0 Å². The standard InChI is InChI=1S/C20H18N2O6/c1-24-16-12-17(25-2)22-19(21-16)27-15-11-7-10-14(13-8-5-4-6-9-13)18(15)28-20(23)26-3/h4-12H,1-3H3. The second kappa shape index (κ2) is 8.72. The Balaban J connectivity index is 2.06. The molecule has 0 N–H and O–H groups in total. The number of carbonyl (C=O) groups is 1. The molecule has 144 valence electrons. The molecule has 0 radical (unpaired) electrons. The molecule has 8 nitrogen and oxygen atoms in total. The molecule has 0 amide bonds. The number of rotatable bonds is 6. The first kappa shape index (κ1) is 19.0. The molecule has 0 spiro atoms. The number of benzene rings is 2. The van der Waals surface area contributed by atoms with Gasteiger partial charge in [-0.05, 0) is 11.6 Å². The summed E-state index contributed by atoms with van der Waals surface area (Å²) in [4.78, 5) is 20.1. The van der Waals surface area contributed by atoms with E-state index in [0.717, 1.165) is 5.56 Å². The highest BCUT2D eigenvalue weighted by Crippen LogP contribution is 2.40. The highest BCUT2D eigenvalue weighted by atomic mass is 16.7. The van der Waals surface area contributed by atoms with E-state index in [2.05, 4.69) is 14.7 Å². The van der Waals surface area contributed by atoms with Crippen molar-refractivity contribution in [3.05, 3.63) is 54.6 Å². The van der Waals surface area contributed by atoms with Crippen molar-refractivity contribution in [3.63, 3.8) is 0 Å². The molecule has 0 aliphatic heterocycles. The molecule has 28 heavy (non-hydrogen) atoms. The smallest absolute Gasteiger partial charge is 0.481 e. The van der Waals surface area contributed by atoms with Crippen LogP contribution in [-0.4, -0.2) is 37.5 Å². The molecule has 0 atom stereocenters. The lowest BCUT2D eigenvalue weighted by atomic mass is 10.0. The van der Waals surface area contributed by atoms with Gasteiger partial charge >= 0.3 is 12.2 Å². The molecule has 1 aromatic heterocycles. The molecule has 3 aromatic rings. The molecule has 0 bridgehead atoms. The first-order valence-electron chi connectivity index (χ1n) is 8.23. The first-order chi connectivity index (χ1) is 13.6. The average molecular weight is 382 g/mol. The lowest BCUT2D eigenvalue weighted by Gasteiger charge is -2.14. The van der Waals surface area contributed by atoms with E-state index in [0.29, 0.717) is 5.56 Å². The van der Waals surface area contributed by atoms with Crippen LogP contribution in [0.25, 0.3) is 11.1 Å². The highest BCUT2D eigenvalue weighted by Gasteiger charge is 2.19. The van der Waals surface area contributed by atoms with Gasteiger partial charge in [0.25, 0.3) is 0 Å². The third kappa shape index (κ3) is 4.29. The lowest BCUT2D eigenvalue weighted by molar-refractivity contribution is 0.120. The van der Waals surface area contributed by atoms with Crippen molar-refractivity contribution in [1.29, 1.82) is 0 Å². The maximum atomic E-state index is 11.8. The van der Waals surface area contributed by atoms with E-state index >= 15 is 0 Å². The van der Waals surface area contributed by atoms with Crippen molar-refractivity contribution >= 4 is 6.16 Å². The molecule has 0 aliphatic carbocycles. The van der Waals surface area contributed by atoms with Gasteiger partial charge < -0.3 is 23.7 Å². The summed E-state index contributed by atoms with van der Waals surface area (Å²) in [6.07, 6.45) is -0.877. The van der Waals surface area contributed by atoms with Gasteiger partial charge in [-0.1, -0.05) is 42.5 Å².